The maximum absolute atomic E-state index is 11.0. The number of hydrogen-bond acceptors (Lipinski definition) is 3. The fraction of sp³-hybridized carbons (Fsp3) is 0.500. The minimum absolute atomic E-state index is 0.500. The lowest BCUT2D eigenvalue weighted by Gasteiger charge is -2.15. The van der Waals surface area contributed by atoms with E-state index >= 15 is 0 Å². The molecule has 0 aliphatic rings. The number of nitrogens with one attached hydrogen (secondary N) is 1. The molecule has 0 saturated heterocycles. The highest BCUT2D eigenvalue weighted by molar-refractivity contribution is 5.73. The summed E-state index contributed by atoms with van der Waals surface area (Å²) in [6.07, 6.45) is 1.47. The van der Waals surface area contributed by atoms with Crippen LogP contribution in [0.25, 0.3) is 0 Å². The molecule has 100 valence electrons. The van der Waals surface area contributed by atoms with Crippen molar-refractivity contribution in [2.24, 2.45) is 0 Å². The number of hydrogen-bond donors (Lipinski definition) is 2. The molecule has 4 heteroatoms. The monoisotopic (exact) mass is 251 g/mol. The lowest BCUT2D eigenvalue weighted by molar-refractivity contribution is -0.139. The van der Waals surface area contributed by atoms with Gasteiger partial charge in [0.05, 0.1) is 7.11 Å². The van der Waals surface area contributed by atoms with Crippen molar-refractivity contribution in [2.45, 2.75) is 39.3 Å². The molecule has 0 bridgehead atoms. The van der Waals surface area contributed by atoms with E-state index in [4.69, 9.17) is 9.84 Å². The Morgan fingerprint density at radius 2 is 2.22 bits per heavy atom. The van der Waals surface area contributed by atoms with Crippen molar-refractivity contribution < 1.29 is 14.6 Å². The van der Waals surface area contributed by atoms with Crippen LogP contribution in [0.15, 0.2) is 18.2 Å². The first-order valence-corrected chi connectivity index (χ1v) is 6.18. The van der Waals surface area contributed by atoms with Crippen LogP contribution in [-0.4, -0.2) is 24.2 Å². The Hall–Kier alpha value is -1.55. The van der Waals surface area contributed by atoms with E-state index < -0.39 is 12.0 Å². The lowest BCUT2D eigenvalue weighted by Crippen LogP contribution is -2.36. The Morgan fingerprint density at radius 3 is 2.78 bits per heavy atom. The number of aryl methyl sites for hydroxylation is 1. The summed E-state index contributed by atoms with van der Waals surface area (Å²) in [4.78, 5) is 11.0. The van der Waals surface area contributed by atoms with E-state index in [-0.39, 0.29) is 0 Å². The quantitative estimate of drug-likeness (QED) is 0.781. The van der Waals surface area contributed by atoms with Gasteiger partial charge in [-0.2, -0.15) is 0 Å². The molecule has 0 spiro atoms. The van der Waals surface area contributed by atoms with Crippen molar-refractivity contribution in [2.75, 3.05) is 7.11 Å². The Bertz CT molecular complexity index is 404. The van der Waals surface area contributed by atoms with Gasteiger partial charge in [0.1, 0.15) is 11.8 Å². The number of carboxylic acids is 1. The van der Waals surface area contributed by atoms with Crippen LogP contribution in [-0.2, 0) is 11.3 Å². The Labute approximate surface area is 108 Å². The zero-order chi connectivity index (χ0) is 13.5. The van der Waals surface area contributed by atoms with Crippen molar-refractivity contribution >= 4 is 5.97 Å². The van der Waals surface area contributed by atoms with Crippen molar-refractivity contribution in [1.29, 1.82) is 0 Å². The summed E-state index contributed by atoms with van der Waals surface area (Å²) in [6.45, 7) is 4.48. The van der Waals surface area contributed by atoms with Gasteiger partial charge in [0.2, 0.25) is 0 Å². The van der Waals surface area contributed by atoms with Crippen LogP contribution in [0.3, 0.4) is 0 Å². The van der Waals surface area contributed by atoms with E-state index in [9.17, 15) is 4.79 Å². The average Bonchev–Trinajstić information content (AvgIpc) is 2.34. The predicted molar refractivity (Wildman–Crippen MR) is 70.9 cm³/mol. The molecule has 0 aliphatic heterocycles. The minimum Gasteiger partial charge on any atom is -0.496 e. The topological polar surface area (TPSA) is 58.6 Å². The van der Waals surface area contributed by atoms with Gasteiger partial charge >= 0.3 is 5.97 Å². The van der Waals surface area contributed by atoms with Crippen LogP contribution in [0.1, 0.15) is 30.9 Å². The van der Waals surface area contributed by atoms with Gasteiger partial charge in [-0.05, 0) is 19.4 Å². The number of rotatable bonds is 7. The molecular formula is C14H21NO3. The third-order valence-corrected chi connectivity index (χ3v) is 2.85. The van der Waals surface area contributed by atoms with E-state index in [1.165, 1.54) is 0 Å². The van der Waals surface area contributed by atoms with Crippen LogP contribution in [0, 0.1) is 6.92 Å². The van der Waals surface area contributed by atoms with Crippen LogP contribution in [0.5, 0.6) is 5.75 Å². The van der Waals surface area contributed by atoms with Gasteiger partial charge in [0.15, 0.2) is 0 Å². The van der Waals surface area contributed by atoms with Crippen LogP contribution in [0.2, 0.25) is 0 Å². The molecule has 2 N–H and O–H groups in total. The summed E-state index contributed by atoms with van der Waals surface area (Å²) in [5, 5.41) is 12.1. The third-order valence-electron chi connectivity index (χ3n) is 2.85. The van der Waals surface area contributed by atoms with Crippen molar-refractivity contribution in [1.82, 2.24) is 5.32 Å². The van der Waals surface area contributed by atoms with Crippen molar-refractivity contribution in [3.63, 3.8) is 0 Å². The molecule has 0 radical (unpaired) electrons. The standard InChI is InChI=1S/C14H21NO3/c1-4-5-12(14(16)17)15-9-11-8-10(2)6-7-13(11)18-3/h6-8,12,15H,4-5,9H2,1-3H3,(H,16,17). The molecule has 0 fully saturated rings. The van der Waals surface area contributed by atoms with E-state index in [0.29, 0.717) is 13.0 Å². The first-order chi connectivity index (χ1) is 8.58. The fourth-order valence-electron chi connectivity index (χ4n) is 1.88. The first-order valence-electron chi connectivity index (χ1n) is 6.18. The SMILES string of the molecule is CCCC(NCc1cc(C)ccc1OC)C(=O)O. The number of carbonyl (C=O) groups is 1. The summed E-state index contributed by atoms with van der Waals surface area (Å²) in [6, 6.07) is 5.39. The highest BCUT2D eigenvalue weighted by Gasteiger charge is 2.16. The lowest BCUT2D eigenvalue weighted by atomic mass is 10.1. The number of carboxylic acid groups (broad SMARTS) is 1. The molecule has 1 aromatic carbocycles. The molecular weight excluding hydrogens is 230 g/mol. The Balaban J connectivity index is 2.71. The second kappa shape index (κ2) is 7.01. The first kappa shape index (κ1) is 14.5. The highest BCUT2D eigenvalue weighted by atomic mass is 16.5. The second-order valence-electron chi connectivity index (χ2n) is 4.38. The molecule has 0 heterocycles. The van der Waals surface area contributed by atoms with Crippen molar-refractivity contribution in [3.8, 4) is 5.75 Å². The molecule has 18 heavy (non-hydrogen) atoms. The highest BCUT2D eigenvalue weighted by Crippen LogP contribution is 2.19. The van der Waals surface area contributed by atoms with Gasteiger partial charge in [-0.3, -0.25) is 4.79 Å². The zero-order valence-electron chi connectivity index (χ0n) is 11.2. The van der Waals surface area contributed by atoms with Gasteiger partial charge in [-0.25, -0.2) is 0 Å². The second-order valence-corrected chi connectivity index (χ2v) is 4.38. The van der Waals surface area contributed by atoms with Gasteiger partial charge in [0.25, 0.3) is 0 Å². The van der Waals surface area contributed by atoms with E-state index in [1.807, 2.05) is 32.0 Å². The minimum atomic E-state index is -0.802. The Kier molecular flexibility index (Phi) is 5.65. The van der Waals surface area contributed by atoms with Crippen molar-refractivity contribution in [3.05, 3.63) is 29.3 Å². The smallest absolute Gasteiger partial charge is 0.320 e. The number of benzene rings is 1. The maximum atomic E-state index is 11.0. The molecule has 1 unspecified atom stereocenters. The Morgan fingerprint density at radius 1 is 1.50 bits per heavy atom. The molecule has 0 amide bonds. The average molecular weight is 251 g/mol. The summed E-state index contributed by atoms with van der Waals surface area (Å²) >= 11 is 0. The summed E-state index contributed by atoms with van der Waals surface area (Å²) < 4.78 is 5.27. The van der Waals surface area contributed by atoms with Crippen LogP contribution < -0.4 is 10.1 Å². The van der Waals surface area contributed by atoms with Crippen LogP contribution >= 0.6 is 0 Å². The molecule has 0 aliphatic carbocycles. The molecule has 1 aromatic rings. The number of methoxy groups -OCH3 is 1. The summed E-state index contributed by atoms with van der Waals surface area (Å²) in [5.41, 5.74) is 2.12. The fourth-order valence-corrected chi connectivity index (χ4v) is 1.88. The van der Waals surface area contributed by atoms with Gasteiger partial charge < -0.3 is 15.2 Å². The normalized spacial score (nSPS) is 12.2. The number of ether oxygens (including phenoxy) is 1. The van der Waals surface area contributed by atoms with Gasteiger partial charge in [0, 0.05) is 12.1 Å². The van der Waals surface area contributed by atoms with E-state index in [2.05, 4.69) is 5.32 Å². The molecule has 1 rings (SSSR count). The molecule has 4 nitrogen and oxygen atoms in total. The van der Waals surface area contributed by atoms with Gasteiger partial charge in [-0.15, -0.1) is 0 Å². The van der Waals surface area contributed by atoms with E-state index in [1.54, 1.807) is 7.11 Å². The molecule has 1 atom stereocenters. The summed E-state index contributed by atoms with van der Waals surface area (Å²) in [7, 11) is 1.62. The molecule has 0 saturated carbocycles. The predicted octanol–water partition coefficient (Wildman–Crippen LogP) is 2.35. The summed E-state index contributed by atoms with van der Waals surface area (Å²) in [5.74, 6) is -0.0165. The number of aliphatic carboxylic acids is 1. The zero-order valence-corrected chi connectivity index (χ0v) is 11.2. The van der Waals surface area contributed by atoms with Crippen LogP contribution in [0.4, 0.5) is 0 Å². The third kappa shape index (κ3) is 4.04. The maximum Gasteiger partial charge on any atom is 0.320 e. The van der Waals surface area contributed by atoms with E-state index in [0.717, 1.165) is 23.3 Å². The molecule has 0 aromatic heterocycles. The largest absolute Gasteiger partial charge is 0.496 e. The van der Waals surface area contributed by atoms with Gasteiger partial charge in [-0.1, -0.05) is 31.0 Å².